The zero-order valence-corrected chi connectivity index (χ0v) is 21.7. The molecule has 0 spiro atoms. The van der Waals surface area contributed by atoms with Gasteiger partial charge in [-0.15, -0.1) is 0 Å². The first-order valence-corrected chi connectivity index (χ1v) is 12.8. The van der Waals surface area contributed by atoms with E-state index >= 15 is 0 Å². The lowest BCUT2D eigenvalue weighted by atomic mass is 9.80. The molecule has 1 N–H and O–H groups in total. The van der Waals surface area contributed by atoms with E-state index < -0.39 is 0 Å². The van der Waals surface area contributed by atoms with Gasteiger partial charge >= 0.3 is 0 Å². The number of hydrogen-bond acceptors (Lipinski definition) is 6. The molecular weight excluding hydrogens is 440 g/mol. The Bertz CT molecular complexity index is 1130. The van der Waals surface area contributed by atoms with Crippen LogP contribution in [-0.4, -0.2) is 53.0 Å². The molecule has 0 bridgehead atoms. The number of nitrogens with one attached hydrogen (secondary N) is 1. The van der Waals surface area contributed by atoms with Crippen molar-refractivity contribution in [1.29, 1.82) is 0 Å². The van der Waals surface area contributed by atoms with Crippen LogP contribution in [-0.2, 0) is 12.8 Å². The first-order chi connectivity index (χ1) is 17.1. The first-order valence-electron chi connectivity index (χ1n) is 12.8. The highest BCUT2D eigenvalue weighted by Gasteiger charge is 2.35. The molecule has 5 rings (SSSR count). The van der Waals surface area contributed by atoms with Gasteiger partial charge in [0, 0.05) is 25.2 Å². The van der Waals surface area contributed by atoms with Crippen LogP contribution < -0.4 is 24.3 Å². The van der Waals surface area contributed by atoms with Crippen molar-refractivity contribution in [2.75, 3.05) is 48.1 Å². The molecule has 3 aliphatic rings. The summed E-state index contributed by atoms with van der Waals surface area (Å²) in [5.74, 6) is 3.27. The summed E-state index contributed by atoms with van der Waals surface area (Å²) in [6.45, 7) is 5.43. The minimum Gasteiger partial charge on any atom is -0.493 e. The van der Waals surface area contributed by atoms with Crippen molar-refractivity contribution < 1.29 is 18.9 Å². The van der Waals surface area contributed by atoms with Crippen LogP contribution in [0, 0.1) is 0 Å². The van der Waals surface area contributed by atoms with Crippen LogP contribution in [0.1, 0.15) is 60.5 Å². The quantitative estimate of drug-likeness (QED) is 0.565. The molecule has 0 amide bonds. The highest BCUT2D eigenvalue weighted by atomic mass is 16.5. The van der Waals surface area contributed by atoms with Crippen LogP contribution in [0.5, 0.6) is 23.0 Å². The van der Waals surface area contributed by atoms with Crippen LogP contribution >= 0.6 is 0 Å². The Balaban J connectivity index is 1.46. The molecule has 0 radical (unpaired) electrons. The fraction of sp³-hybridized carbons (Fsp3) is 0.517. The Morgan fingerprint density at radius 3 is 2.03 bits per heavy atom. The SMILES string of the molecule is CCC1=C(C[C@H]2NCCc3cc(OC)c(OC)cc32)CC2c3cc(OC)c(OC)cc3CCN2C1. The maximum Gasteiger partial charge on any atom is 0.161 e. The standard InChI is InChI=1S/C29H38N2O4/c1-6-18-17-31-10-8-20-14-27(33-3)29(35-5)16-23(20)25(31)12-21(18)11-24-22-15-28(34-4)26(32-2)13-19(22)7-9-30-24/h13-16,24-25,30H,6-12,17H2,1-5H3/t24-,25?/m1/s1. The Morgan fingerprint density at radius 2 is 1.40 bits per heavy atom. The van der Waals surface area contributed by atoms with Gasteiger partial charge < -0.3 is 24.3 Å². The number of methoxy groups -OCH3 is 4. The van der Waals surface area contributed by atoms with Gasteiger partial charge in [0.05, 0.1) is 28.4 Å². The highest BCUT2D eigenvalue weighted by Crippen LogP contribution is 2.46. The van der Waals surface area contributed by atoms with E-state index in [9.17, 15) is 0 Å². The monoisotopic (exact) mass is 478 g/mol. The molecule has 0 aromatic heterocycles. The van der Waals surface area contributed by atoms with Gasteiger partial charge in [-0.3, -0.25) is 4.90 Å². The average Bonchev–Trinajstić information content (AvgIpc) is 2.91. The van der Waals surface area contributed by atoms with Crippen molar-refractivity contribution in [2.24, 2.45) is 0 Å². The van der Waals surface area contributed by atoms with Crippen molar-refractivity contribution in [3.05, 3.63) is 57.7 Å². The zero-order chi connectivity index (χ0) is 24.5. The number of fused-ring (bicyclic) bond motifs is 4. The largest absolute Gasteiger partial charge is 0.493 e. The summed E-state index contributed by atoms with van der Waals surface area (Å²) in [4.78, 5) is 2.66. The third-order valence-electron chi connectivity index (χ3n) is 8.13. The van der Waals surface area contributed by atoms with Gasteiger partial charge in [-0.25, -0.2) is 0 Å². The highest BCUT2D eigenvalue weighted by molar-refractivity contribution is 5.51. The number of hydrogen-bond donors (Lipinski definition) is 1. The van der Waals surface area contributed by atoms with E-state index in [0.717, 1.165) is 74.7 Å². The molecule has 0 saturated carbocycles. The second-order valence-electron chi connectivity index (χ2n) is 9.77. The fourth-order valence-electron chi connectivity index (χ4n) is 6.23. The Labute approximate surface area is 209 Å². The molecule has 0 aliphatic carbocycles. The van der Waals surface area contributed by atoms with Crippen molar-refractivity contribution in [2.45, 2.75) is 51.1 Å². The third kappa shape index (κ3) is 4.38. The van der Waals surface area contributed by atoms with Gasteiger partial charge in [0.2, 0.25) is 0 Å². The molecular formula is C29H38N2O4. The number of nitrogens with zero attached hydrogens (tertiary/aromatic N) is 1. The van der Waals surface area contributed by atoms with E-state index in [0.29, 0.717) is 6.04 Å². The van der Waals surface area contributed by atoms with Crippen molar-refractivity contribution in [1.82, 2.24) is 10.2 Å². The molecule has 3 aliphatic heterocycles. The van der Waals surface area contributed by atoms with E-state index in [2.05, 4.69) is 41.4 Å². The van der Waals surface area contributed by atoms with Crippen LogP contribution in [0.3, 0.4) is 0 Å². The molecule has 0 fully saturated rings. The minimum atomic E-state index is 0.287. The summed E-state index contributed by atoms with van der Waals surface area (Å²) in [5, 5.41) is 3.80. The van der Waals surface area contributed by atoms with E-state index in [1.165, 1.54) is 22.3 Å². The zero-order valence-electron chi connectivity index (χ0n) is 21.7. The topological polar surface area (TPSA) is 52.2 Å². The summed E-state index contributed by atoms with van der Waals surface area (Å²) in [7, 11) is 6.86. The molecule has 2 aromatic rings. The number of ether oxygens (including phenoxy) is 4. The molecule has 6 nitrogen and oxygen atoms in total. The van der Waals surface area contributed by atoms with Crippen molar-refractivity contribution >= 4 is 0 Å². The molecule has 188 valence electrons. The molecule has 0 saturated heterocycles. The van der Waals surface area contributed by atoms with Gasteiger partial charge in [0.1, 0.15) is 0 Å². The average molecular weight is 479 g/mol. The summed E-state index contributed by atoms with van der Waals surface area (Å²) in [6, 6.07) is 9.41. The molecule has 2 aromatic carbocycles. The van der Waals surface area contributed by atoms with Gasteiger partial charge in [-0.2, -0.15) is 0 Å². The summed E-state index contributed by atoms with van der Waals surface area (Å²) < 4.78 is 22.5. The second-order valence-corrected chi connectivity index (χ2v) is 9.77. The lowest BCUT2D eigenvalue weighted by Gasteiger charge is -2.43. The molecule has 3 heterocycles. The summed E-state index contributed by atoms with van der Waals surface area (Å²) >= 11 is 0. The fourth-order valence-corrected chi connectivity index (χ4v) is 6.23. The third-order valence-corrected chi connectivity index (χ3v) is 8.13. The lowest BCUT2D eigenvalue weighted by molar-refractivity contribution is 0.181. The maximum absolute atomic E-state index is 5.66. The molecule has 2 atom stereocenters. The lowest BCUT2D eigenvalue weighted by Crippen LogP contribution is -2.40. The van der Waals surface area contributed by atoms with E-state index in [-0.39, 0.29) is 6.04 Å². The van der Waals surface area contributed by atoms with Crippen LogP contribution in [0.15, 0.2) is 35.4 Å². The van der Waals surface area contributed by atoms with Crippen LogP contribution in [0.4, 0.5) is 0 Å². The predicted molar refractivity (Wildman–Crippen MR) is 138 cm³/mol. The van der Waals surface area contributed by atoms with Gasteiger partial charge in [0.25, 0.3) is 0 Å². The molecule has 35 heavy (non-hydrogen) atoms. The predicted octanol–water partition coefficient (Wildman–Crippen LogP) is 5.01. The van der Waals surface area contributed by atoms with Gasteiger partial charge in [-0.05, 0) is 85.2 Å². The smallest absolute Gasteiger partial charge is 0.161 e. The van der Waals surface area contributed by atoms with Crippen molar-refractivity contribution in [3.63, 3.8) is 0 Å². The van der Waals surface area contributed by atoms with E-state index in [1.54, 1.807) is 39.6 Å². The Kier molecular flexibility index (Phi) is 6.94. The van der Waals surface area contributed by atoms with Gasteiger partial charge in [-0.1, -0.05) is 18.1 Å². The van der Waals surface area contributed by atoms with Gasteiger partial charge in [0.15, 0.2) is 23.0 Å². The second kappa shape index (κ2) is 10.1. The Morgan fingerprint density at radius 1 is 0.800 bits per heavy atom. The first kappa shape index (κ1) is 24.0. The Hall–Kier alpha value is -2.70. The molecule has 6 heteroatoms. The van der Waals surface area contributed by atoms with E-state index in [4.69, 9.17) is 18.9 Å². The summed E-state index contributed by atoms with van der Waals surface area (Å²) in [6.07, 6.45) is 5.25. The van der Waals surface area contributed by atoms with E-state index in [1.807, 2.05) is 0 Å². The minimum absolute atomic E-state index is 0.287. The van der Waals surface area contributed by atoms with Crippen LogP contribution in [0.25, 0.3) is 0 Å². The van der Waals surface area contributed by atoms with Crippen LogP contribution in [0.2, 0.25) is 0 Å². The van der Waals surface area contributed by atoms with Crippen molar-refractivity contribution in [3.8, 4) is 23.0 Å². The number of rotatable bonds is 7. The normalized spacial score (nSPS) is 21.6. The number of benzene rings is 2. The molecule has 1 unspecified atom stereocenters. The summed E-state index contributed by atoms with van der Waals surface area (Å²) in [5.41, 5.74) is 8.68. The maximum atomic E-state index is 5.66.